The second-order valence-electron chi connectivity index (χ2n) is 4.14. The summed E-state index contributed by atoms with van der Waals surface area (Å²) in [4.78, 5) is 11.1. The zero-order valence-electron chi connectivity index (χ0n) is 11.2. The van der Waals surface area contributed by atoms with Crippen molar-refractivity contribution in [1.29, 1.82) is 0 Å². The quantitative estimate of drug-likeness (QED) is 0.574. The molecule has 0 saturated carbocycles. The lowest BCUT2D eigenvalue weighted by Crippen LogP contribution is -2.01. The maximum absolute atomic E-state index is 11.1. The van der Waals surface area contributed by atoms with E-state index in [9.17, 15) is 4.79 Å². The Balaban J connectivity index is 2.05. The molecule has 4 nitrogen and oxygen atoms in total. The lowest BCUT2D eigenvalue weighted by molar-refractivity contribution is 0.0510. The summed E-state index contributed by atoms with van der Waals surface area (Å²) in [5.74, 6) is 1.11. The molecular formula is C16H16O4. The first-order valence-corrected chi connectivity index (χ1v) is 6.21. The topological polar surface area (TPSA) is 44.8 Å². The van der Waals surface area contributed by atoms with Crippen molar-refractivity contribution in [3.8, 4) is 11.5 Å². The second kappa shape index (κ2) is 7.31. The van der Waals surface area contributed by atoms with E-state index in [1.54, 1.807) is 18.2 Å². The van der Waals surface area contributed by atoms with Crippen LogP contribution in [-0.2, 0) is 11.3 Å². The molecule has 0 fully saturated rings. The number of benzene rings is 2. The molecule has 0 aliphatic heterocycles. The molecule has 0 aliphatic carbocycles. The summed E-state index contributed by atoms with van der Waals surface area (Å²) >= 11 is 0. The van der Waals surface area contributed by atoms with Gasteiger partial charge in [0.15, 0.2) is 13.1 Å². The lowest BCUT2D eigenvalue weighted by Gasteiger charge is -2.10. The van der Waals surface area contributed by atoms with Gasteiger partial charge >= 0.3 is 0 Å². The Morgan fingerprint density at radius 3 is 2.55 bits per heavy atom. The highest BCUT2D eigenvalue weighted by atomic mass is 16.7. The van der Waals surface area contributed by atoms with E-state index in [0.717, 1.165) is 11.8 Å². The van der Waals surface area contributed by atoms with Gasteiger partial charge in [-0.05, 0) is 23.8 Å². The molecule has 4 heteroatoms. The lowest BCUT2D eigenvalue weighted by atomic mass is 10.2. The van der Waals surface area contributed by atoms with Gasteiger partial charge in [-0.25, -0.2) is 0 Å². The third kappa shape index (κ3) is 3.83. The minimum absolute atomic E-state index is 0.141. The first kappa shape index (κ1) is 14.1. The number of hydrogen-bond donors (Lipinski definition) is 0. The van der Waals surface area contributed by atoms with Crippen LogP contribution in [-0.4, -0.2) is 20.2 Å². The van der Waals surface area contributed by atoms with Crippen molar-refractivity contribution in [2.75, 3.05) is 13.9 Å². The van der Waals surface area contributed by atoms with E-state index < -0.39 is 0 Å². The molecule has 0 saturated heterocycles. The fourth-order valence-corrected chi connectivity index (χ4v) is 1.70. The van der Waals surface area contributed by atoms with Crippen molar-refractivity contribution in [3.05, 3.63) is 59.7 Å². The van der Waals surface area contributed by atoms with Crippen molar-refractivity contribution < 1.29 is 19.0 Å². The highest BCUT2D eigenvalue weighted by molar-refractivity contribution is 5.80. The van der Waals surface area contributed by atoms with Crippen LogP contribution < -0.4 is 9.47 Å². The average Bonchev–Trinajstić information content (AvgIpc) is 2.52. The number of carbonyl (C=O) groups is 1. The molecule has 0 amide bonds. The Bertz CT molecular complexity index is 552. The van der Waals surface area contributed by atoms with Crippen LogP contribution in [0.2, 0.25) is 0 Å². The summed E-state index contributed by atoms with van der Waals surface area (Å²) < 4.78 is 15.7. The van der Waals surface area contributed by atoms with Gasteiger partial charge in [0.2, 0.25) is 0 Å². The van der Waals surface area contributed by atoms with Crippen molar-refractivity contribution in [2.24, 2.45) is 0 Å². The fraction of sp³-hybridized carbons (Fsp3) is 0.188. The predicted molar refractivity (Wildman–Crippen MR) is 75.1 cm³/mol. The van der Waals surface area contributed by atoms with Gasteiger partial charge in [0.05, 0.1) is 5.56 Å². The Morgan fingerprint density at radius 2 is 1.85 bits per heavy atom. The Kier molecular flexibility index (Phi) is 5.15. The van der Waals surface area contributed by atoms with Crippen LogP contribution in [0.4, 0.5) is 0 Å². The number of rotatable bonds is 7. The minimum atomic E-state index is 0.141. The molecule has 0 N–H and O–H groups in total. The molecule has 104 valence electrons. The maximum Gasteiger partial charge on any atom is 0.188 e. The zero-order valence-corrected chi connectivity index (χ0v) is 11.2. The Morgan fingerprint density at radius 1 is 1.05 bits per heavy atom. The number of carbonyl (C=O) groups excluding carboxylic acids is 1. The molecule has 0 radical (unpaired) electrons. The van der Waals surface area contributed by atoms with Crippen LogP contribution in [0.15, 0.2) is 48.5 Å². The van der Waals surface area contributed by atoms with Crippen LogP contribution in [0.25, 0.3) is 0 Å². The highest BCUT2D eigenvalue weighted by Gasteiger charge is 2.06. The molecule has 0 aliphatic rings. The van der Waals surface area contributed by atoms with Gasteiger partial charge in [-0.2, -0.15) is 0 Å². The third-order valence-corrected chi connectivity index (χ3v) is 2.69. The molecular weight excluding hydrogens is 256 g/mol. The zero-order chi connectivity index (χ0) is 14.2. The van der Waals surface area contributed by atoms with Gasteiger partial charge < -0.3 is 14.2 Å². The van der Waals surface area contributed by atoms with Gasteiger partial charge in [-0.3, -0.25) is 4.79 Å². The van der Waals surface area contributed by atoms with Crippen LogP contribution in [0.5, 0.6) is 11.5 Å². The van der Waals surface area contributed by atoms with E-state index in [2.05, 4.69) is 0 Å². The number of methoxy groups -OCH3 is 1. The van der Waals surface area contributed by atoms with E-state index in [-0.39, 0.29) is 6.79 Å². The van der Waals surface area contributed by atoms with Gasteiger partial charge in [0.25, 0.3) is 0 Å². The first-order chi connectivity index (χ1) is 9.83. The van der Waals surface area contributed by atoms with E-state index >= 15 is 0 Å². The summed E-state index contributed by atoms with van der Waals surface area (Å²) in [5, 5.41) is 0. The molecule has 0 unspecified atom stereocenters. The molecule has 0 heterocycles. The number of ether oxygens (including phenoxy) is 3. The van der Waals surface area contributed by atoms with Crippen LogP contribution in [0.1, 0.15) is 15.9 Å². The summed E-state index contributed by atoms with van der Waals surface area (Å²) in [5.41, 5.74) is 1.50. The number of aldehydes is 1. The highest BCUT2D eigenvalue weighted by Crippen LogP contribution is 2.23. The van der Waals surface area contributed by atoms with Crippen molar-refractivity contribution in [2.45, 2.75) is 6.61 Å². The molecule has 0 bridgehead atoms. The van der Waals surface area contributed by atoms with Crippen LogP contribution in [0, 0.1) is 0 Å². The third-order valence-electron chi connectivity index (χ3n) is 2.69. The molecule has 2 rings (SSSR count). The Hall–Kier alpha value is -2.33. The summed E-state index contributed by atoms with van der Waals surface area (Å²) in [6.07, 6.45) is 0.750. The largest absolute Gasteiger partial charge is 0.488 e. The second-order valence-corrected chi connectivity index (χ2v) is 4.14. The van der Waals surface area contributed by atoms with Gasteiger partial charge in [0.1, 0.15) is 18.1 Å². The number of hydrogen-bond acceptors (Lipinski definition) is 4. The molecule has 0 aromatic heterocycles. The van der Waals surface area contributed by atoms with E-state index in [0.29, 0.717) is 23.7 Å². The van der Waals surface area contributed by atoms with Gasteiger partial charge in [-0.15, -0.1) is 0 Å². The Labute approximate surface area is 117 Å². The van der Waals surface area contributed by atoms with Gasteiger partial charge in [0, 0.05) is 7.11 Å². The molecule has 2 aromatic rings. The van der Waals surface area contributed by atoms with Crippen molar-refractivity contribution >= 4 is 6.29 Å². The normalized spacial score (nSPS) is 10.1. The van der Waals surface area contributed by atoms with E-state index in [1.807, 2.05) is 30.3 Å². The van der Waals surface area contributed by atoms with Crippen molar-refractivity contribution in [3.63, 3.8) is 0 Å². The maximum atomic E-state index is 11.1. The van der Waals surface area contributed by atoms with Crippen LogP contribution in [0.3, 0.4) is 0 Å². The van der Waals surface area contributed by atoms with Crippen molar-refractivity contribution in [1.82, 2.24) is 0 Å². The summed E-state index contributed by atoms with van der Waals surface area (Å²) in [7, 11) is 1.54. The van der Waals surface area contributed by atoms with Crippen LogP contribution >= 0.6 is 0 Å². The SMILES string of the molecule is COCOc1ccc(OCc2ccccc2)c(C=O)c1. The average molecular weight is 272 g/mol. The first-order valence-electron chi connectivity index (χ1n) is 6.21. The van der Waals surface area contributed by atoms with E-state index in [4.69, 9.17) is 14.2 Å². The molecule has 20 heavy (non-hydrogen) atoms. The molecule has 2 aromatic carbocycles. The summed E-state index contributed by atoms with van der Waals surface area (Å²) in [6.45, 7) is 0.558. The smallest absolute Gasteiger partial charge is 0.188 e. The fourth-order valence-electron chi connectivity index (χ4n) is 1.70. The molecule has 0 spiro atoms. The van der Waals surface area contributed by atoms with Gasteiger partial charge in [-0.1, -0.05) is 30.3 Å². The van der Waals surface area contributed by atoms with E-state index in [1.165, 1.54) is 7.11 Å². The minimum Gasteiger partial charge on any atom is -0.488 e. The monoisotopic (exact) mass is 272 g/mol. The summed E-state index contributed by atoms with van der Waals surface area (Å²) in [6, 6.07) is 14.9. The predicted octanol–water partition coefficient (Wildman–Crippen LogP) is 3.06. The molecule has 0 atom stereocenters. The standard InChI is InChI=1S/C16H16O4/c1-18-12-20-15-7-8-16(14(9-15)10-17)19-11-13-5-3-2-4-6-13/h2-10H,11-12H2,1H3.